The molecule has 0 unspecified atom stereocenters. The molecule has 2 heteroatoms. The molecule has 1 aromatic heterocycles. The maximum atomic E-state index is 4.30. The normalized spacial score (nSPS) is 10.6. The van der Waals surface area contributed by atoms with Gasteiger partial charge in [-0.3, -0.25) is 0 Å². The van der Waals surface area contributed by atoms with Crippen molar-refractivity contribution in [3.05, 3.63) is 30.9 Å². The largest absolute Gasteiger partial charge is 0.334 e. The molecular weight excluding hydrogens is 148 g/mol. The quantitative estimate of drug-likeness (QED) is 0.625. The third-order valence-electron chi connectivity index (χ3n) is 1.84. The Morgan fingerprint density at radius 1 is 1.67 bits per heavy atom. The lowest BCUT2D eigenvalue weighted by atomic mass is 10.2. The number of nitrogens with zero attached hydrogens (tertiary/aromatic N) is 2. The highest BCUT2D eigenvalue weighted by Gasteiger charge is 2.05. The predicted molar refractivity (Wildman–Crippen MR) is 51.1 cm³/mol. The van der Waals surface area contributed by atoms with Crippen LogP contribution in [0.25, 0.3) is 0 Å². The van der Waals surface area contributed by atoms with Gasteiger partial charge in [-0.25, -0.2) is 4.98 Å². The molecule has 2 nitrogen and oxygen atoms in total. The minimum atomic E-state index is 0.504. The highest BCUT2D eigenvalue weighted by atomic mass is 15.1. The highest BCUT2D eigenvalue weighted by Crippen LogP contribution is 2.11. The van der Waals surface area contributed by atoms with Crippen LogP contribution in [0.1, 0.15) is 32.0 Å². The minimum absolute atomic E-state index is 0.504. The molecule has 0 aliphatic rings. The van der Waals surface area contributed by atoms with Crippen molar-refractivity contribution in [2.75, 3.05) is 0 Å². The number of allylic oxidation sites excluding steroid dienone is 1. The second kappa shape index (κ2) is 4.10. The molecule has 0 fully saturated rings. The fraction of sp³-hybridized carbons (Fsp3) is 0.500. The fourth-order valence-electron chi connectivity index (χ4n) is 1.24. The van der Waals surface area contributed by atoms with Crippen LogP contribution in [-0.4, -0.2) is 9.55 Å². The van der Waals surface area contributed by atoms with Crippen LogP contribution in [0.5, 0.6) is 0 Å². The number of hydrogen-bond acceptors (Lipinski definition) is 1. The van der Waals surface area contributed by atoms with Crippen LogP contribution in [0, 0.1) is 0 Å². The van der Waals surface area contributed by atoms with Crippen LogP contribution < -0.4 is 0 Å². The lowest BCUT2D eigenvalue weighted by Crippen LogP contribution is -2.03. The van der Waals surface area contributed by atoms with Gasteiger partial charge in [-0.05, 0) is 6.42 Å². The summed E-state index contributed by atoms with van der Waals surface area (Å²) in [5.41, 5.74) is 0. The third-order valence-corrected chi connectivity index (χ3v) is 1.84. The zero-order valence-electron chi connectivity index (χ0n) is 7.83. The molecule has 1 rings (SSSR count). The minimum Gasteiger partial charge on any atom is -0.334 e. The number of imidazole rings is 1. The van der Waals surface area contributed by atoms with Crippen LogP contribution in [-0.2, 0) is 6.54 Å². The van der Waals surface area contributed by atoms with Crippen molar-refractivity contribution in [1.82, 2.24) is 9.55 Å². The summed E-state index contributed by atoms with van der Waals surface area (Å²) in [5, 5.41) is 0. The van der Waals surface area contributed by atoms with E-state index in [9.17, 15) is 0 Å². The van der Waals surface area contributed by atoms with Gasteiger partial charge in [0.15, 0.2) is 0 Å². The first-order chi connectivity index (χ1) is 5.75. The molecule has 0 atom stereocenters. The van der Waals surface area contributed by atoms with Crippen molar-refractivity contribution in [2.24, 2.45) is 0 Å². The molecule has 12 heavy (non-hydrogen) atoms. The van der Waals surface area contributed by atoms with E-state index in [1.807, 2.05) is 18.5 Å². The number of rotatable bonds is 4. The van der Waals surface area contributed by atoms with E-state index in [1.54, 1.807) is 0 Å². The molecule has 0 amide bonds. The van der Waals surface area contributed by atoms with E-state index < -0.39 is 0 Å². The van der Waals surface area contributed by atoms with E-state index >= 15 is 0 Å². The molecule has 0 bridgehead atoms. The molecule has 1 aromatic rings. The summed E-state index contributed by atoms with van der Waals surface area (Å²) in [6.45, 7) is 9.02. The van der Waals surface area contributed by atoms with Gasteiger partial charge in [0.05, 0.1) is 0 Å². The molecule has 0 N–H and O–H groups in total. The van der Waals surface area contributed by atoms with E-state index in [0.29, 0.717) is 5.92 Å². The first kappa shape index (κ1) is 9.04. The van der Waals surface area contributed by atoms with Gasteiger partial charge in [-0.2, -0.15) is 0 Å². The Morgan fingerprint density at radius 2 is 2.42 bits per heavy atom. The van der Waals surface area contributed by atoms with Gasteiger partial charge in [0.2, 0.25) is 0 Å². The van der Waals surface area contributed by atoms with Crippen molar-refractivity contribution in [1.29, 1.82) is 0 Å². The number of aryl methyl sites for hydroxylation is 1. The second-order valence-corrected chi connectivity index (χ2v) is 3.21. The van der Waals surface area contributed by atoms with Gasteiger partial charge >= 0.3 is 0 Å². The molecule has 0 aliphatic heterocycles. The highest BCUT2D eigenvalue weighted by molar-refractivity contribution is 4.97. The fourth-order valence-corrected chi connectivity index (χ4v) is 1.24. The molecular formula is C10H16N2. The monoisotopic (exact) mass is 164 g/mol. The summed E-state index contributed by atoms with van der Waals surface area (Å²) in [4.78, 5) is 4.30. The summed E-state index contributed by atoms with van der Waals surface area (Å²) >= 11 is 0. The smallest absolute Gasteiger partial charge is 0.111 e. The van der Waals surface area contributed by atoms with Gasteiger partial charge in [-0.1, -0.05) is 19.9 Å². The topological polar surface area (TPSA) is 17.8 Å². The van der Waals surface area contributed by atoms with Crippen molar-refractivity contribution < 1.29 is 0 Å². The van der Waals surface area contributed by atoms with Crippen LogP contribution >= 0.6 is 0 Å². The van der Waals surface area contributed by atoms with Crippen LogP contribution in [0.15, 0.2) is 25.0 Å². The Balaban J connectivity index is 2.70. The summed E-state index contributed by atoms with van der Waals surface area (Å²) in [6, 6.07) is 0. The maximum absolute atomic E-state index is 4.30. The Labute approximate surface area is 73.9 Å². The van der Waals surface area contributed by atoms with Crippen LogP contribution in [0.4, 0.5) is 0 Å². The van der Waals surface area contributed by atoms with Gasteiger partial charge in [0.25, 0.3) is 0 Å². The van der Waals surface area contributed by atoms with Crippen LogP contribution in [0.2, 0.25) is 0 Å². The van der Waals surface area contributed by atoms with Gasteiger partial charge in [0.1, 0.15) is 5.82 Å². The van der Waals surface area contributed by atoms with E-state index in [1.165, 1.54) is 0 Å². The molecule has 0 saturated heterocycles. The average Bonchev–Trinajstić information content (AvgIpc) is 2.48. The molecule has 0 radical (unpaired) electrons. The van der Waals surface area contributed by atoms with E-state index in [-0.39, 0.29) is 0 Å². The standard InChI is InChI=1S/C10H16N2/c1-4-5-7-12-8-6-11-10(12)9(2)3/h4,6,8-9H,1,5,7H2,2-3H3. The maximum Gasteiger partial charge on any atom is 0.111 e. The van der Waals surface area contributed by atoms with Crippen LogP contribution in [0.3, 0.4) is 0 Å². The second-order valence-electron chi connectivity index (χ2n) is 3.21. The first-order valence-corrected chi connectivity index (χ1v) is 4.37. The SMILES string of the molecule is C=CCCn1ccnc1C(C)C. The lowest BCUT2D eigenvalue weighted by molar-refractivity contribution is 0.627. The van der Waals surface area contributed by atoms with Gasteiger partial charge in [-0.15, -0.1) is 6.58 Å². The summed E-state index contributed by atoms with van der Waals surface area (Å²) in [6.07, 6.45) is 6.83. The van der Waals surface area contributed by atoms with E-state index in [0.717, 1.165) is 18.8 Å². The van der Waals surface area contributed by atoms with Crippen molar-refractivity contribution >= 4 is 0 Å². The number of hydrogen-bond donors (Lipinski definition) is 0. The first-order valence-electron chi connectivity index (χ1n) is 4.37. The molecule has 1 heterocycles. The van der Waals surface area contributed by atoms with Gasteiger partial charge < -0.3 is 4.57 Å². The summed E-state index contributed by atoms with van der Waals surface area (Å²) < 4.78 is 2.19. The van der Waals surface area contributed by atoms with E-state index in [2.05, 4.69) is 30.0 Å². The van der Waals surface area contributed by atoms with Gasteiger partial charge in [0, 0.05) is 24.9 Å². The Kier molecular flexibility index (Phi) is 3.09. The summed E-state index contributed by atoms with van der Waals surface area (Å²) in [5.74, 6) is 1.67. The Hall–Kier alpha value is -1.05. The molecule has 66 valence electrons. The lowest BCUT2D eigenvalue weighted by Gasteiger charge is -2.08. The van der Waals surface area contributed by atoms with Crippen molar-refractivity contribution in [2.45, 2.75) is 32.7 Å². The summed E-state index contributed by atoms with van der Waals surface area (Å²) in [7, 11) is 0. The third kappa shape index (κ3) is 1.97. The molecule has 0 aromatic carbocycles. The molecule has 0 aliphatic carbocycles. The average molecular weight is 164 g/mol. The Morgan fingerprint density at radius 3 is 3.00 bits per heavy atom. The van der Waals surface area contributed by atoms with Crippen molar-refractivity contribution in [3.63, 3.8) is 0 Å². The van der Waals surface area contributed by atoms with E-state index in [4.69, 9.17) is 0 Å². The van der Waals surface area contributed by atoms with Crippen molar-refractivity contribution in [3.8, 4) is 0 Å². The molecule has 0 spiro atoms. The Bertz CT molecular complexity index is 248. The number of aromatic nitrogens is 2. The molecule has 0 saturated carbocycles. The zero-order chi connectivity index (χ0) is 8.97. The zero-order valence-corrected chi connectivity index (χ0v) is 7.83. The predicted octanol–water partition coefficient (Wildman–Crippen LogP) is 2.58.